The van der Waals surface area contributed by atoms with Crippen LogP contribution in [0.5, 0.6) is 5.75 Å². The molecule has 0 radical (unpaired) electrons. The Bertz CT molecular complexity index is 1620. The fourth-order valence-electron chi connectivity index (χ4n) is 4.39. The first-order valence-corrected chi connectivity index (χ1v) is 14.0. The van der Waals surface area contributed by atoms with E-state index in [0.29, 0.717) is 34.9 Å². The molecular formula is C30H31NO6S. The van der Waals surface area contributed by atoms with E-state index in [2.05, 4.69) is 4.72 Å². The van der Waals surface area contributed by atoms with Crippen molar-refractivity contribution in [3.05, 3.63) is 105 Å². The van der Waals surface area contributed by atoms with Crippen molar-refractivity contribution in [3.63, 3.8) is 0 Å². The SMILES string of the molecule is CCCC(NS(=O)(=O)c1ccc(C)cc1)C(=O)Oc1cc(C)cc2oc(=O)c(Cc3ccccc3)c(C)c12. The van der Waals surface area contributed by atoms with Crippen LogP contribution in [-0.2, 0) is 21.2 Å². The van der Waals surface area contributed by atoms with Gasteiger partial charge in [-0.15, -0.1) is 0 Å². The number of carbonyl (C=O) groups is 1. The highest BCUT2D eigenvalue weighted by Gasteiger charge is 2.28. The third kappa shape index (κ3) is 6.03. The van der Waals surface area contributed by atoms with Crippen molar-refractivity contribution in [2.75, 3.05) is 0 Å². The number of nitrogens with one attached hydrogen (secondary N) is 1. The van der Waals surface area contributed by atoms with Crippen LogP contribution in [0.3, 0.4) is 0 Å². The van der Waals surface area contributed by atoms with E-state index in [1.165, 1.54) is 12.1 Å². The average molecular weight is 534 g/mol. The van der Waals surface area contributed by atoms with Crippen LogP contribution in [0.4, 0.5) is 0 Å². The highest BCUT2D eigenvalue weighted by Crippen LogP contribution is 2.32. The highest BCUT2D eigenvalue weighted by atomic mass is 32.2. The second-order valence-corrected chi connectivity index (χ2v) is 11.2. The minimum Gasteiger partial charge on any atom is -0.425 e. The maximum Gasteiger partial charge on any atom is 0.340 e. The summed E-state index contributed by atoms with van der Waals surface area (Å²) in [6.45, 7) is 7.32. The third-order valence-electron chi connectivity index (χ3n) is 6.41. The molecule has 1 unspecified atom stereocenters. The predicted molar refractivity (Wildman–Crippen MR) is 147 cm³/mol. The monoisotopic (exact) mass is 533 g/mol. The van der Waals surface area contributed by atoms with E-state index in [1.807, 2.05) is 44.2 Å². The van der Waals surface area contributed by atoms with Crippen LogP contribution in [0.2, 0.25) is 0 Å². The molecule has 0 amide bonds. The molecule has 8 heteroatoms. The van der Waals surface area contributed by atoms with E-state index in [1.54, 1.807) is 38.1 Å². The van der Waals surface area contributed by atoms with Crippen LogP contribution in [-0.4, -0.2) is 20.4 Å². The first kappa shape index (κ1) is 27.3. The lowest BCUT2D eigenvalue weighted by Crippen LogP contribution is -2.42. The number of fused-ring (bicyclic) bond motifs is 1. The molecule has 0 fully saturated rings. The van der Waals surface area contributed by atoms with Gasteiger partial charge in [0.15, 0.2) is 0 Å². The summed E-state index contributed by atoms with van der Waals surface area (Å²) in [5.41, 5.74) is 3.57. The van der Waals surface area contributed by atoms with Crippen LogP contribution in [0, 0.1) is 20.8 Å². The summed E-state index contributed by atoms with van der Waals surface area (Å²) < 4.78 is 40.0. The summed E-state index contributed by atoms with van der Waals surface area (Å²) in [5.74, 6) is -0.513. The van der Waals surface area contributed by atoms with Crippen molar-refractivity contribution in [3.8, 4) is 5.75 Å². The molecule has 3 aromatic carbocycles. The summed E-state index contributed by atoms with van der Waals surface area (Å²) in [7, 11) is -3.95. The molecule has 1 atom stereocenters. The van der Waals surface area contributed by atoms with Crippen molar-refractivity contribution in [1.82, 2.24) is 4.72 Å². The smallest absolute Gasteiger partial charge is 0.340 e. The summed E-state index contributed by atoms with van der Waals surface area (Å²) in [6, 6.07) is 18.3. The topological polar surface area (TPSA) is 103 Å². The molecule has 0 bridgehead atoms. The fourth-order valence-corrected chi connectivity index (χ4v) is 5.61. The zero-order valence-electron chi connectivity index (χ0n) is 21.9. The fraction of sp³-hybridized carbons (Fsp3) is 0.267. The first-order chi connectivity index (χ1) is 18.1. The Hall–Kier alpha value is -3.75. The van der Waals surface area contributed by atoms with Crippen molar-refractivity contribution < 1.29 is 22.4 Å². The van der Waals surface area contributed by atoms with Crippen LogP contribution in [0.15, 0.2) is 80.8 Å². The van der Waals surface area contributed by atoms with Gasteiger partial charge in [-0.2, -0.15) is 4.72 Å². The van der Waals surface area contributed by atoms with Gasteiger partial charge in [-0.05, 0) is 68.1 Å². The molecule has 0 aliphatic heterocycles. The zero-order chi connectivity index (χ0) is 27.4. The quantitative estimate of drug-likeness (QED) is 0.176. The van der Waals surface area contributed by atoms with Gasteiger partial charge >= 0.3 is 11.6 Å². The van der Waals surface area contributed by atoms with E-state index in [-0.39, 0.29) is 17.1 Å². The largest absolute Gasteiger partial charge is 0.425 e. The maximum absolute atomic E-state index is 13.3. The van der Waals surface area contributed by atoms with E-state index < -0.39 is 27.7 Å². The van der Waals surface area contributed by atoms with Gasteiger partial charge in [0.1, 0.15) is 17.4 Å². The normalized spacial score (nSPS) is 12.4. The standard InChI is InChI=1S/C30H31NO6S/c1-5-9-25(31-38(34,35)23-14-12-19(2)13-15-23)30(33)37-27-17-20(3)16-26-28(27)21(4)24(29(32)36-26)18-22-10-7-6-8-11-22/h6-8,10-17,25,31H,5,9,18H2,1-4H3. The molecule has 4 aromatic rings. The van der Waals surface area contributed by atoms with E-state index in [9.17, 15) is 18.0 Å². The molecule has 0 aliphatic rings. The zero-order valence-corrected chi connectivity index (χ0v) is 22.7. The number of rotatable bonds is 9. The Morgan fingerprint density at radius 3 is 2.32 bits per heavy atom. The van der Waals surface area contributed by atoms with Crippen molar-refractivity contribution in [2.45, 2.75) is 57.9 Å². The van der Waals surface area contributed by atoms with E-state index in [4.69, 9.17) is 9.15 Å². The first-order valence-electron chi connectivity index (χ1n) is 12.5. The number of aryl methyl sites for hydroxylation is 3. The second-order valence-electron chi connectivity index (χ2n) is 9.49. The molecule has 1 N–H and O–H groups in total. The number of carbonyl (C=O) groups excluding carboxylic acids is 1. The lowest BCUT2D eigenvalue weighted by molar-refractivity contribution is -0.136. The van der Waals surface area contributed by atoms with Gasteiger partial charge in [-0.3, -0.25) is 0 Å². The second kappa shape index (κ2) is 11.3. The number of ether oxygens (including phenoxy) is 1. The highest BCUT2D eigenvalue weighted by molar-refractivity contribution is 7.89. The van der Waals surface area contributed by atoms with E-state index >= 15 is 0 Å². The van der Waals surface area contributed by atoms with Gasteiger partial charge in [0.25, 0.3) is 0 Å². The molecule has 198 valence electrons. The van der Waals surface area contributed by atoms with Crippen molar-refractivity contribution in [1.29, 1.82) is 0 Å². The number of esters is 1. The van der Waals surface area contributed by atoms with Gasteiger partial charge in [-0.1, -0.05) is 61.4 Å². The summed E-state index contributed by atoms with van der Waals surface area (Å²) in [6.07, 6.45) is 1.17. The lowest BCUT2D eigenvalue weighted by Gasteiger charge is -2.19. The molecule has 1 aromatic heterocycles. The van der Waals surface area contributed by atoms with Crippen LogP contribution >= 0.6 is 0 Å². The molecule has 0 aliphatic carbocycles. The van der Waals surface area contributed by atoms with Crippen molar-refractivity contribution >= 4 is 27.0 Å². The van der Waals surface area contributed by atoms with Gasteiger partial charge in [0, 0.05) is 12.0 Å². The van der Waals surface area contributed by atoms with Crippen molar-refractivity contribution in [2.24, 2.45) is 0 Å². The number of hydrogen-bond donors (Lipinski definition) is 1. The Balaban J connectivity index is 1.70. The van der Waals surface area contributed by atoms with Gasteiger partial charge in [0.2, 0.25) is 10.0 Å². The molecule has 4 rings (SSSR count). The summed E-state index contributed by atoms with van der Waals surface area (Å²) in [4.78, 5) is 26.3. The van der Waals surface area contributed by atoms with Crippen LogP contribution in [0.1, 0.15) is 47.6 Å². The lowest BCUT2D eigenvalue weighted by atomic mass is 9.98. The van der Waals surface area contributed by atoms with Gasteiger partial charge < -0.3 is 9.15 Å². The van der Waals surface area contributed by atoms with Gasteiger partial charge in [-0.25, -0.2) is 18.0 Å². The third-order valence-corrected chi connectivity index (χ3v) is 7.90. The Morgan fingerprint density at radius 1 is 0.974 bits per heavy atom. The molecule has 0 spiro atoms. The number of sulfonamides is 1. The van der Waals surface area contributed by atoms with Crippen LogP contribution < -0.4 is 15.1 Å². The minimum atomic E-state index is -3.95. The summed E-state index contributed by atoms with van der Waals surface area (Å²) in [5, 5.41) is 0.506. The summed E-state index contributed by atoms with van der Waals surface area (Å²) >= 11 is 0. The average Bonchev–Trinajstić information content (AvgIpc) is 2.86. The molecule has 7 nitrogen and oxygen atoms in total. The molecular weight excluding hydrogens is 502 g/mol. The minimum absolute atomic E-state index is 0.0705. The number of hydrogen-bond acceptors (Lipinski definition) is 6. The number of benzene rings is 3. The van der Waals surface area contributed by atoms with Crippen LogP contribution in [0.25, 0.3) is 11.0 Å². The predicted octanol–water partition coefficient (Wildman–Crippen LogP) is 5.36. The molecule has 38 heavy (non-hydrogen) atoms. The Morgan fingerprint density at radius 2 is 1.66 bits per heavy atom. The Kier molecular flexibility index (Phi) is 8.14. The molecule has 0 saturated carbocycles. The molecule has 1 heterocycles. The molecule has 0 saturated heterocycles. The van der Waals surface area contributed by atoms with E-state index in [0.717, 1.165) is 16.7 Å². The Labute approximate surface area is 222 Å². The maximum atomic E-state index is 13.3. The van der Waals surface area contributed by atoms with Gasteiger partial charge in [0.05, 0.1) is 10.3 Å².